The number of halogens is 1. The molecule has 0 aromatic heterocycles. The summed E-state index contributed by atoms with van der Waals surface area (Å²) in [6.45, 7) is 0. The number of hydrogen-bond acceptors (Lipinski definition) is 1. The molecule has 1 aromatic rings. The van der Waals surface area contributed by atoms with Gasteiger partial charge in [-0.2, -0.15) is 0 Å². The van der Waals surface area contributed by atoms with Crippen LogP contribution in [-0.2, 0) is 17.0 Å². The number of nitriles is 1. The zero-order valence-electron chi connectivity index (χ0n) is 4.95. The summed E-state index contributed by atoms with van der Waals surface area (Å²) in [6, 6.07) is 9.45. The van der Waals surface area contributed by atoms with Crippen molar-refractivity contribution >= 4 is 13.6 Å². The molecule has 10 heavy (non-hydrogen) atoms. The van der Waals surface area contributed by atoms with Gasteiger partial charge in [-0.1, -0.05) is 0 Å². The van der Waals surface area contributed by atoms with Crippen molar-refractivity contribution in [1.29, 1.82) is 5.26 Å². The third-order valence-electron chi connectivity index (χ3n) is 1.03. The Bertz CT molecular complexity index is 267. The Labute approximate surface area is 71.8 Å². The first-order valence-electron chi connectivity index (χ1n) is 2.58. The fourth-order valence-corrected chi connectivity index (χ4v) is 1.83. The monoisotopic (exact) mass is 243 g/mol. The third-order valence-corrected chi connectivity index (χ3v) is 2.79. The molecule has 0 aliphatic carbocycles. The zero-order chi connectivity index (χ0) is 7.40. The van der Waals surface area contributed by atoms with Crippen molar-refractivity contribution in [1.82, 2.24) is 0 Å². The predicted molar refractivity (Wildman–Crippen MR) is 36.6 cm³/mol. The molecule has 3 heteroatoms. The van der Waals surface area contributed by atoms with Crippen molar-refractivity contribution in [2.45, 2.75) is 0 Å². The molecule has 1 nitrogen and oxygen atoms in total. The van der Waals surface area contributed by atoms with Crippen LogP contribution in [-0.4, -0.2) is 0 Å². The van der Waals surface area contributed by atoms with E-state index in [1.807, 2.05) is 18.2 Å². The summed E-state index contributed by atoms with van der Waals surface area (Å²) >= 11 is 0.00854. The molecule has 0 spiro atoms. The van der Waals surface area contributed by atoms with E-state index >= 15 is 0 Å². The number of benzene rings is 1. The van der Waals surface area contributed by atoms with Crippen LogP contribution in [0.15, 0.2) is 24.3 Å². The number of rotatable bonds is 1. The van der Waals surface area contributed by atoms with Crippen molar-refractivity contribution in [3.63, 3.8) is 0 Å². The van der Waals surface area contributed by atoms with Crippen molar-refractivity contribution in [3.05, 3.63) is 29.8 Å². The standard InChI is InChI=1S/C7H4N.ClH.Pd/c8-6-7-4-2-1-3-5-7;;/h1-4H;1H;/q;;+1/p-1. The SMILES string of the molecule is N#Cc1cccc[c]1[Pd][Cl]. The van der Waals surface area contributed by atoms with Crippen LogP contribution in [0.1, 0.15) is 5.56 Å². The summed E-state index contributed by atoms with van der Waals surface area (Å²) in [5.74, 6) is 0. The molecule has 0 heterocycles. The summed E-state index contributed by atoms with van der Waals surface area (Å²) < 4.78 is 0.945. The van der Waals surface area contributed by atoms with Gasteiger partial charge < -0.3 is 0 Å². The van der Waals surface area contributed by atoms with Crippen LogP contribution >= 0.6 is 9.53 Å². The molecule has 0 atom stereocenters. The van der Waals surface area contributed by atoms with Crippen LogP contribution in [0.4, 0.5) is 0 Å². The molecule has 0 unspecified atom stereocenters. The van der Waals surface area contributed by atoms with Crippen molar-refractivity contribution in [2.24, 2.45) is 0 Å². The van der Waals surface area contributed by atoms with Crippen LogP contribution < -0.4 is 4.04 Å². The molecule has 0 fully saturated rings. The summed E-state index contributed by atoms with van der Waals surface area (Å²) in [7, 11) is 5.61. The Balaban J connectivity index is 3.12. The second-order valence-corrected chi connectivity index (χ2v) is 3.46. The van der Waals surface area contributed by atoms with Crippen molar-refractivity contribution in [2.75, 3.05) is 0 Å². The van der Waals surface area contributed by atoms with Crippen LogP contribution in [0.3, 0.4) is 0 Å². The number of hydrogen-bond donors (Lipinski definition) is 0. The molecular formula is C7H4ClNPd. The first kappa shape index (κ1) is 7.77. The molecule has 0 aliphatic rings. The van der Waals surface area contributed by atoms with Gasteiger partial charge in [-0.15, -0.1) is 0 Å². The quantitative estimate of drug-likeness (QED) is 0.685. The van der Waals surface area contributed by atoms with Gasteiger partial charge in [-0.25, -0.2) is 0 Å². The molecule has 1 rings (SSSR count). The molecule has 0 bridgehead atoms. The van der Waals surface area contributed by atoms with Gasteiger partial charge >= 0.3 is 71.7 Å². The topological polar surface area (TPSA) is 23.8 Å². The maximum absolute atomic E-state index is 8.55. The molecule has 0 saturated heterocycles. The summed E-state index contributed by atoms with van der Waals surface area (Å²) in [6.07, 6.45) is 0. The van der Waals surface area contributed by atoms with Gasteiger partial charge in [-0.3, -0.25) is 0 Å². The average molecular weight is 244 g/mol. The molecular weight excluding hydrogens is 240 g/mol. The summed E-state index contributed by atoms with van der Waals surface area (Å²) in [5, 5.41) is 8.55. The van der Waals surface area contributed by atoms with Gasteiger partial charge in [0.25, 0.3) is 0 Å². The fourth-order valence-electron chi connectivity index (χ4n) is 0.589. The normalized spacial score (nSPS) is 9.20. The Hall–Kier alpha value is -0.338. The van der Waals surface area contributed by atoms with Crippen LogP contribution in [0, 0.1) is 11.3 Å². The Morgan fingerprint density at radius 3 is 2.60 bits per heavy atom. The first-order valence-corrected chi connectivity index (χ1v) is 5.36. The minimum atomic E-state index is 0.00854. The summed E-state index contributed by atoms with van der Waals surface area (Å²) in [5.41, 5.74) is 0.687. The van der Waals surface area contributed by atoms with Crippen molar-refractivity contribution < 1.29 is 17.0 Å². The van der Waals surface area contributed by atoms with E-state index in [9.17, 15) is 0 Å². The second kappa shape index (κ2) is 3.74. The van der Waals surface area contributed by atoms with E-state index in [2.05, 4.69) is 6.07 Å². The van der Waals surface area contributed by atoms with Crippen LogP contribution in [0.2, 0.25) is 0 Å². The molecule has 0 aliphatic heterocycles. The van der Waals surface area contributed by atoms with E-state index in [1.54, 1.807) is 6.07 Å². The van der Waals surface area contributed by atoms with Crippen molar-refractivity contribution in [3.8, 4) is 6.07 Å². The second-order valence-electron chi connectivity index (χ2n) is 1.62. The first-order chi connectivity index (χ1) is 4.88. The van der Waals surface area contributed by atoms with Gasteiger partial charge in [0.2, 0.25) is 0 Å². The molecule has 0 amide bonds. The molecule has 1 aromatic carbocycles. The van der Waals surface area contributed by atoms with Gasteiger partial charge in [-0.05, 0) is 0 Å². The van der Waals surface area contributed by atoms with Crippen LogP contribution in [0.25, 0.3) is 0 Å². The van der Waals surface area contributed by atoms with Crippen LogP contribution in [0.5, 0.6) is 0 Å². The fraction of sp³-hybridized carbons (Fsp3) is 0. The Morgan fingerprint density at radius 2 is 2.10 bits per heavy atom. The molecule has 0 saturated carbocycles. The van der Waals surface area contributed by atoms with Gasteiger partial charge in [0.05, 0.1) is 0 Å². The van der Waals surface area contributed by atoms with Gasteiger partial charge in [0, 0.05) is 0 Å². The van der Waals surface area contributed by atoms with E-state index in [1.165, 1.54) is 0 Å². The molecule has 0 radical (unpaired) electrons. The van der Waals surface area contributed by atoms with E-state index in [4.69, 9.17) is 14.8 Å². The minimum absolute atomic E-state index is 0.00854. The van der Waals surface area contributed by atoms with Gasteiger partial charge in [0.15, 0.2) is 0 Å². The van der Waals surface area contributed by atoms with Gasteiger partial charge in [0.1, 0.15) is 0 Å². The van der Waals surface area contributed by atoms with E-state index in [0.29, 0.717) is 5.56 Å². The number of nitrogens with zero attached hydrogens (tertiary/aromatic N) is 1. The Kier molecular flexibility index (Phi) is 2.90. The maximum atomic E-state index is 8.55. The Morgan fingerprint density at radius 1 is 1.40 bits per heavy atom. The predicted octanol–water partition coefficient (Wildman–Crippen LogP) is 1.42. The third kappa shape index (κ3) is 1.58. The average Bonchev–Trinajstić information content (AvgIpc) is 2.04. The van der Waals surface area contributed by atoms with E-state index in [-0.39, 0.29) is 17.0 Å². The zero-order valence-corrected chi connectivity index (χ0v) is 7.26. The molecule has 0 N–H and O–H groups in total. The van der Waals surface area contributed by atoms with E-state index < -0.39 is 0 Å². The van der Waals surface area contributed by atoms with E-state index in [0.717, 1.165) is 4.04 Å². The molecule has 54 valence electrons. The summed E-state index contributed by atoms with van der Waals surface area (Å²) in [4.78, 5) is 0.